The van der Waals surface area contributed by atoms with Crippen LogP contribution in [0.3, 0.4) is 0 Å². The zero-order chi connectivity index (χ0) is 10.1. The third kappa shape index (κ3) is 1.36. The van der Waals surface area contributed by atoms with Gasteiger partial charge in [-0.3, -0.25) is 5.14 Å². The number of carboxylic acid groups (broad SMARTS) is 1. The number of nitrogens with two attached hydrogens (primary N) is 1. The molecule has 0 aliphatic rings. The smallest absolute Gasteiger partial charge is 0.335 e. The van der Waals surface area contributed by atoms with Crippen molar-refractivity contribution < 1.29 is 9.90 Å². The first-order chi connectivity index (χ1) is 6.72. The molecule has 0 amide bonds. The van der Waals surface area contributed by atoms with Crippen LogP contribution in [0.4, 0.5) is 0 Å². The minimum absolute atomic E-state index is 0.271. The Bertz CT molecular complexity index is 493. The normalized spacial score (nSPS) is 10.6. The van der Waals surface area contributed by atoms with Gasteiger partial charge in [-0.1, -0.05) is 6.07 Å². The summed E-state index contributed by atoms with van der Waals surface area (Å²) < 4.78 is 0. The average Bonchev–Trinajstić information content (AvgIpc) is 2.59. The zero-order valence-electron chi connectivity index (χ0n) is 7.15. The van der Waals surface area contributed by atoms with Gasteiger partial charge in [0.25, 0.3) is 0 Å². The van der Waals surface area contributed by atoms with Gasteiger partial charge in [0.2, 0.25) is 0 Å². The van der Waals surface area contributed by atoms with E-state index < -0.39 is 5.97 Å². The van der Waals surface area contributed by atoms with E-state index in [0.29, 0.717) is 0 Å². The van der Waals surface area contributed by atoms with Gasteiger partial charge in [0.15, 0.2) is 0 Å². The minimum atomic E-state index is -0.927. The molecule has 1 heterocycles. The molecule has 0 radical (unpaired) electrons. The number of aromatic nitrogens is 1. The van der Waals surface area contributed by atoms with Crippen LogP contribution in [0.1, 0.15) is 10.4 Å². The van der Waals surface area contributed by atoms with Crippen molar-refractivity contribution >= 4 is 28.8 Å². The zero-order valence-corrected chi connectivity index (χ0v) is 7.97. The standard InChI is InChI=1S/C9H8N2O2S/c10-14-8-4-11-7-3-5(9(12)13)1-2-6(7)8/h1-4,11H,10H2,(H,12,13). The third-order valence-electron chi connectivity index (χ3n) is 2.02. The van der Waals surface area contributed by atoms with Crippen LogP contribution in [-0.4, -0.2) is 16.1 Å². The summed E-state index contributed by atoms with van der Waals surface area (Å²) in [5.74, 6) is -0.927. The van der Waals surface area contributed by atoms with Gasteiger partial charge in [-0.25, -0.2) is 4.79 Å². The monoisotopic (exact) mass is 208 g/mol. The number of rotatable bonds is 2. The fraction of sp³-hybridized carbons (Fsp3) is 0. The van der Waals surface area contributed by atoms with Crippen molar-refractivity contribution in [1.82, 2.24) is 4.98 Å². The van der Waals surface area contributed by atoms with E-state index in [-0.39, 0.29) is 5.56 Å². The Kier molecular flexibility index (Phi) is 2.18. The van der Waals surface area contributed by atoms with Crippen LogP contribution < -0.4 is 5.14 Å². The van der Waals surface area contributed by atoms with E-state index in [4.69, 9.17) is 10.2 Å². The van der Waals surface area contributed by atoms with E-state index in [1.54, 1.807) is 24.4 Å². The number of aromatic amines is 1. The van der Waals surface area contributed by atoms with Crippen LogP contribution in [0, 0.1) is 0 Å². The Morgan fingerprint density at radius 3 is 2.93 bits per heavy atom. The Morgan fingerprint density at radius 1 is 1.50 bits per heavy atom. The lowest BCUT2D eigenvalue weighted by molar-refractivity contribution is 0.0697. The number of fused-ring (bicyclic) bond motifs is 1. The topological polar surface area (TPSA) is 79.1 Å². The maximum Gasteiger partial charge on any atom is 0.335 e. The van der Waals surface area contributed by atoms with Crippen molar-refractivity contribution in [3.63, 3.8) is 0 Å². The quantitative estimate of drug-likeness (QED) is 0.658. The van der Waals surface area contributed by atoms with Crippen LogP contribution in [0.5, 0.6) is 0 Å². The van der Waals surface area contributed by atoms with Gasteiger partial charge in [-0.2, -0.15) is 0 Å². The lowest BCUT2D eigenvalue weighted by atomic mass is 10.2. The summed E-state index contributed by atoms with van der Waals surface area (Å²) in [5, 5.41) is 15.1. The molecule has 0 fully saturated rings. The molecule has 2 rings (SSSR count). The second-order valence-electron chi connectivity index (χ2n) is 2.84. The number of benzene rings is 1. The molecule has 0 atom stereocenters. The lowest BCUT2D eigenvalue weighted by Crippen LogP contribution is -1.94. The maximum atomic E-state index is 10.7. The fourth-order valence-electron chi connectivity index (χ4n) is 1.33. The first-order valence-electron chi connectivity index (χ1n) is 3.93. The highest BCUT2D eigenvalue weighted by Gasteiger charge is 2.07. The third-order valence-corrected chi connectivity index (χ3v) is 2.61. The summed E-state index contributed by atoms with van der Waals surface area (Å²) in [6, 6.07) is 4.92. The van der Waals surface area contributed by atoms with Gasteiger partial charge in [-0.05, 0) is 24.1 Å². The van der Waals surface area contributed by atoms with Crippen molar-refractivity contribution in [2.24, 2.45) is 5.14 Å². The molecule has 4 N–H and O–H groups in total. The van der Waals surface area contributed by atoms with Crippen LogP contribution in [0.25, 0.3) is 10.9 Å². The second kappa shape index (κ2) is 3.36. The van der Waals surface area contributed by atoms with Gasteiger partial charge < -0.3 is 10.1 Å². The largest absolute Gasteiger partial charge is 0.478 e. The number of H-pyrrole nitrogens is 1. The van der Waals surface area contributed by atoms with Crippen molar-refractivity contribution in [3.05, 3.63) is 30.0 Å². The molecule has 0 bridgehead atoms. The van der Waals surface area contributed by atoms with Crippen LogP contribution >= 0.6 is 11.9 Å². The minimum Gasteiger partial charge on any atom is -0.478 e. The van der Waals surface area contributed by atoms with E-state index >= 15 is 0 Å². The van der Waals surface area contributed by atoms with Gasteiger partial charge in [0.05, 0.1) is 5.56 Å². The Morgan fingerprint density at radius 2 is 2.29 bits per heavy atom. The molecule has 1 aromatic carbocycles. The van der Waals surface area contributed by atoms with Gasteiger partial charge in [0.1, 0.15) is 0 Å². The fourth-order valence-corrected chi connectivity index (χ4v) is 1.76. The number of nitrogens with one attached hydrogen (secondary N) is 1. The molecule has 1 aromatic heterocycles. The van der Waals surface area contributed by atoms with E-state index in [9.17, 15) is 4.79 Å². The van der Waals surface area contributed by atoms with E-state index in [2.05, 4.69) is 4.98 Å². The number of aromatic carboxylic acids is 1. The molecule has 0 saturated heterocycles. The predicted molar refractivity (Wildman–Crippen MR) is 55.3 cm³/mol. The molecule has 72 valence electrons. The molecule has 0 unspecified atom stereocenters. The lowest BCUT2D eigenvalue weighted by Gasteiger charge is -1.95. The number of carboxylic acids is 1. The molecule has 14 heavy (non-hydrogen) atoms. The SMILES string of the molecule is NSc1c[nH]c2cc(C(=O)O)ccc12. The first kappa shape index (κ1) is 9.11. The Hall–Kier alpha value is -1.46. The number of hydrogen-bond donors (Lipinski definition) is 3. The predicted octanol–water partition coefficient (Wildman–Crippen LogP) is 1.83. The summed E-state index contributed by atoms with van der Waals surface area (Å²) in [5.41, 5.74) is 1.06. The highest BCUT2D eigenvalue weighted by molar-refractivity contribution is 7.97. The number of carbonyl (C=O) groups is 1. The van der Waals surface area contributed by atoms with Gasteiger partial charge >= 0.3 is 5.97 Å². The van der Waals surface area contributed by atoms with E-state index in [1.165, 1.54) is 0 Å². The molecular weight excluding hydrogens is 200 g/mol. The molecule has 0 saturated carbocycles. The summed E-state index contributed by atoms with van der Waals surface area (Å²) in [4.78, 5) is 14.6. The molecule has 0 spiro atoms. The van der Waals surface area contributed by atoms with Crippen molar-refractivity contribution in [2.45, 2.75) is 4.90 Å². The molecule has 5 heteroatoms. The van der Waals surface area contributed by atoms with Crippen LogP contribution in [0.2, 0.25) is 0 Å². The van der Waals surface area contributed by atoms with Crippen molar-refractivity contribution in [3.8, 4) is 0 Å². The Balaban J connectivity index is 2.63. The second-order valence-corrected chi connectivity index (χ2v) is 3.51. The van der Waals surface area contributed by atoms with Crippen molar-refractivity contribution in [1.29, 1.82) is 0 Å². The molecule has 4 nitrogen and oxygen atoms in total. The molecule has 0 aliphatic carbocycles. The van der Waals surface area contributed by atoms with Crippen molar-refractivity contribution in [2.75, 3.05) is 0 Å². The number of hydrogen-bond acceptors (Lipinski definition) is 3. The molecular formula is C9H8N2O2S. The van der Waals surface area contributed by atoms with Gasteiger partial charge in [0, 0.05) is 22.0 Å². The highest BCUT2D eigenvalue weighted by Crippen LogP contribution is 2.25. The van der Waals surface area contributed by atoms with E-state index in [0.717, 1.165) is 27.7 Å². The summed E-state index contributed by atoms with van der Waals surface area (Å²) in [6.45, 7) is 0. The summed E-state index contributed by atoms with van der Waals surface area (Å²) in [7, 11) is 0. The molecule has 2 aromatic rings. The summed E-state index contributed by atoms with van der Waals surface area (Å²) in [6.07, 6.45) is 1.76. The van der Waals surface area contributed by atoms with Crippen LogP contribution in [0.15, 0.2) is 29.3 Å². The highest BCUT2D eigenvalue weighted by atomic mass is 32.2. The van der Waals surface area contributed by atoms with E-state index in [1.807, 2.05) is 0 Å². The summed E-state index contributed by atoms with van der Waals surface area (Å²) >= 11 is 1.14. The van der Waals surface area contributed by atoms with Gasteiger partial charge in [-0.15, -0.1) is 0 Å². The average molecular weight is 208 g/mol. The van der Waals surface area contributed by atoms with Crippen LogP contribution in [-0.2, 0) is 0 Å². The Labute approximate surface area is 84.2 Å². The maximum absolute atomic E-state index is 10.7. The molecule has 0 aliphatic heterocycles. The first-order valence-corrected chi connectivity index (χ1v) is 4.81.